The average molecular weight is 309 g/mol. The highest BCUT2D eigenvalue weighted by atomic mass is 16.5. The van der Waals surface area contributed by atoms with E-state index in [9.17, 15) is 4.79 Å². The van der Waals surface area contributed by atoms with Crippen molar-refractivity contribution in [2.45, 2.75) is 12.8 Å². The molecule has 5 nitrogen and oxygen atoms in total. The van der Waals surface area contributed by atoms with Crippen molar-refractivity contribution < 1.29 is 9.53 Å². The molecule has 3 aromatic rings. The van der Waals surface area contributed by atoms with E-state index in [1.807, 2.05) is 42.5 Å². The van der Waals surface area contributed by atoms with Crippen molar-refractivity contribution in [3.8, 4) is 5.75 Å². The molecule has 0 bridgehead atoms. The number of methoxy groups -OCH3 is 1. The molecule has 118 valence electrons. The number of imidazole rings is 1. The smallest absolute Gasteiger partial charge is 0.224 e. The van der Waals surface area contributed by atoms with Gasteiger partial charge < -0.3 is 15.0 Å². The zero-order chi connectivity index (χ0) is 16.1. The highest BCUT2D eigenvalue weighted by Gasteiger charge is 2.05. The third-order valence-electron chi connectivity index (χ3n) is 3.74. The predicted molar refractivity (Wildman–Crippen MR) is 89.5 cm³/mol. The van der Waals surface area contributed by atoms with E-state index in [-0.39, 0.29) is 5.91 Å². The number of nitrogens with zero attached hydrogens (tertiary/aromatic N) is 1. The lowest BCUT2D eigenvalue weighted by Gasteiger charge is -2.06. The van der Waals surface area contributed by atoms with Crippen LogP contribution in [0.1, 0.15) is 11.1 Å². The summed E-state index contributed by atoms with van der Waals surface area (Å²) in [7, 11) is 1.65. The number of ether oxygens (including phenoxy) is 1. The summed E-state index contributed by atoms with van der Waals surface area (Å²) in [6, 6.07) is 13.7. The van der Waals surface area contributed by atoms with Gasteiger partial charge in [-0.3, -0.25) is 4.79 Å². The van der Waals surface area contributed by atoms with E-state index in [0.29, 0.717) is 13.0 Å². The number of carbonyl (C=O) groups is 1. The van der Waals surface area contributed by atoms with Gasteiger partial charge in [-0.25, -0.2) is 4.98 Å². The first kappa shape index (κ1) is 15.1. The number of rotatable bonds is 6. The van der Waals surface area contributed by atoms with Crippen LogP contribution < -0.4 is 10.1 Å². The van der Waals surface area contributed by atoms with Crippen LogP contribution >= 0.6 is 0 Å². The Labute approximate surface area is 134 Å². The zero-order valence-corrected chi connectivity index (χ0v) is 13.0. The number of amides is 1. The first-order chi connectivity index (χ1) is 11.2. The van der Waals surface area contributed by atoms with E-state index in [1.54, 1.807) is 13.4 Å². The second kappa shape index (κ2) is 6.96. The molecule has 1 heterocycles. The van der Waals surface area contributed by atoms with Gasteiger partial charge in [0.2, 0.25) is 5.91 Å². The van der Waals surface area contributed by atoms with E-state index in [1.165, 1.54) is 5.56 Å². The number of fused-ring (bicyclic) bond motifs is 1. The lowest BCUT2D eigenvalue weighted by Crippen LogP contribution is -2.27. The second-order valence-corrected chi connectivity index (χ2v) is 5.38. The van der Waals surface area contributed by atoms with Crippen LogP contribution in [0.5, 0.6) is 5.75 Å². The van der Waals surface area contributed by atoms with Crippen molar-refractivity contribution in [2.75, 3.05) is 13.7 Å². The highest BCUT2D eigenvalue weighted by molar-refractivity contribution is 5.81. The Hall–Kier alpha value is -2.82. The number of aromatic amines is 1. The summed E-state index contributed by atoms with van der Waals surface area (Å²) < 4.78 is 5.13. The van der Waals surface area contributed by atoms with Gasteiger partial charge in [0.25, 0.3) is 0 Å². The molecule has 0 aliphatic rings. The Morgan fingerprint density at radius 3 is 2.74 bits per heavy atom. The molecule has 0 spiro atoms. The maximum absolute atomic E-state index is 12.0. The number of benzene rings is 2. The fourth-order valence-electron chi connectivity index (χ4n) is 2.48. The van der Waals surface area contributed by atoms with Crippen molar-refractivity contribution in [2.24, 2.45) is 0 Å². The SMILES string of the molecule is COc1ccc(CCNC(=O)Cc2ccc3nc[nH]c3c2)cc1. The van der Waals surface area contributed by atoms with Crippen LogP contribution in [0.25, 0.3) is 11.0 Å². The third-order valence-corrected chi connectivity index (χ3v) is 3.74. The predicted octanol–water partition coefficient (Wildman–Crippen LogP) is 2.47. The molecule has 2 N–H and O–H groups in total. The fraction of sp³-hybridized carbons (Fsp3) is 0.222. The molecule has 0 aliphatic carbocycles. The molecular weight excluding hydrogens is 290 g/mol. The van der Waals surface area contributed by atoms with E-state index in [2.05, 4.69) is 15.3 Å². The minimum Gasteiger partial charge on any atom is -0.497 e. The maximum atomic E-state index is 12.0. The zero-order valence-electron chi connectivity index (χ0n) is 13.0. The standard InChI is InChI=1S/C18H19N3O2/c1-23-15-5-2-13(3-6-15)8-9-19-18(22)11-14-4-7-16-17(10-14)21-12-20-16/h2-7,10,12H,8-9,11H2,1H3,(H,19,22)(H,20,21). The Morgan fingerprint density at radius 1 is 1.17 bits per heavy atom. The Morgan fingerprint density at radius 2 is 1.96 bits per heavy atom. The van der Waals surface area contributed by atoms with E-state index < -0.39 is 0 Å². The largest absolute Gasteiger partial charge is 0.497 e. The van der Waals surface area contributed by atoms with Crippen LogP contribution in [0.2, 0.25) is 0 Å². The Balaban J connectivity index is 1.48. The number of aromatic nitrogens is 2. The van der Waals surface area contributed by atoms with Crippen LogP contribution in [0.4, 0.5) is 0 Å². The Bertz CT molecular complexity index is 793. The minimum atomic E-state index is 0.0253. The molecule has 0 atom stereocenters. The van der Waals surface area contributed by atoms with Gasteiger partial charge in [-0.2, -0.15) is 0 Å². The van der Waals surface area contributed by atoms with E-state index in [0.717, 1.165) is 28.8 Å². The third kappa shape index (κ3) is 3.88. The van der Waals surface area contributed by atoms with Crippen LogP contribution in [0.15, 0.2) is 48.8 Å². The van der Waals surface area contributed by atoms with E-state index >= 15 is 0 Å². The van der Waals surface area contributed by atoms with Crippen LogP contribution in [-0.2, 0) is 17.6 Å². The summed E-state index contributed by atoms with van der Waals surface area (Å²) in [5.41, 5.74) is 4.01. The molecule has 1 amide bonds. The summed E-state index contributed by atoms with van der Waals surface area (Å²) in [6.07, 6.45) is 2.83. The first-order valence-electron chi connectivity index (χ1n) is 7.56. The highest BCUT2D eigenvalue weighted by Crippen LogP contribution is 2.13. The van der Waals surface area contributed by atoms with Gasteiger partial charge in [-0.15, -0.1) is 0 Å². The Kier molecular flexibility index (Phi) is 4.57. The molecule has 3 rings (SSSR count). The fourth-order valence-corrected chi connectivity index (χ4v) is 2.48. The van der Waals surface area contributed by atoms with Crippen LogP contribution in [0.3, 0.4) is 0 Å². The topological polar surface area (TPSA) is 67.0 Å². The number of hydrogen-bond donors (Lipinski definition) is 2. The molecule has 0 unspecified atom stereocenters. The van der Waals surface area contributed by atoms with Crippen LogP contribution in [0, 0.1) is 0 Å². The van der Waals surface area contributed by atoms with Gasteiger partial charge in [0, 0.05) is 6.54 Å². The lowest BCUT2D eigenvalue weighted by molar-refractivity contribution is -0.120. The molecule has 0 saturated carbocycles. The monoisotopic (exact) mass is 309 g/mol. The van der Waals surface area contributed by atoms with Crippen molar-refractivity contribution in [3.05, 3.63) is 59.9 Å². The van der Waals surface area contributed by atoms with Gasteiger partial charge in [-0.05, 0) is 41.8 Å². The van der Waals surface area contributed by atoms with Gasteiger partial charge in [-0.1, -0.05) is 18.2 Å². The summed E-state index contributed by atoms with van der Waals surface area (Å²) in [5.74, 6) is 0.865. The molecule has 23 heavy (non-hydrogen) atoms. The molecule has 0 radical (unpaired) electrons. The summed E-state index contributed by atoms with van der Waals surface area (Å²) >= 11 is 0. The minimum absolute atomic E-state index is 0.0253. The summed E-state index contributed by atoms with van der Waals surface area (Å²) in [4.78, 5) is 19.2. The average Bonchev–Trinajstić information content (AvgIpc) is 3.03. The number of H-pyrrole nitrogens is 1. The second-order valence-electron chi connectivity index (χ2n) is 5.38. The molecule has 1 aromatic heterocycles. The summed E-state index contributed by atoms with van der Waals surface area (Å²) in [5, 5.41) is 2.95. The number of carbonyl (C=O) groups excluding carboxylic acids is 1. The van der Waals surface area contributed by atoms with Crippen molar-refractivity contribution in [1.82, 2.24) is 15.3 Å². The molecule has 2 aromatic carbocycles. The quantitative estimate of drug-likeness (QED) is 0.735. The van der Waals surface area contributed by atoms with Gasteiger partial charge in [0.05, 0.1) is 30.9 Å². The lowest BCUT2D eigenvalue weighted by atomic mass is 10.1. The van der Waals surface area contributed by atoms with Crippen LogP contribution in [-0.4, -0.2) is 29.5 Å². The molecular formula is C18H19N3O2. The van der Waals surface area contributed by atoms with Crippen molar-refractivity contribution in [1.29, 1.82) is 0 Å². The molecule has 0 aliphatic heterocycles. The first-order valence-corrected chi connectivity index (χ1v) is 7.56. The number of nitrogens with one attached hydrogen (secondary N) is 2. The summed E-state index contributed by atoms with van der Waals surface area (Å²) in [6.45, 7) is 0.622. The normalized spacial score (nSPS) is 10.7. The van der Waals surface area contributed by atoms with Crippen molar-refractivity contribution in [3.63, 3.8) is 0 Å². The van der Waals surface area contributed by atoms with Gasteiger partial charge >= 0.3 is 0 Å². The maximum Gasteiger partial charge on any atom is 0.224 e. The molecule has 0 fully saturated rings. The van der Waals surface area contributed by atoms with Crippen molar-refractivity contribution >= 4 is 16.9 Å². The van der Waals surface area contributed by atoms with Gasteiger partial charge in [0.15, 0.2) is 0 Å². The van der Waals surface area contributed by atoms with E-state index in [4.69, 9.17) is 4.74 Å². The molecule has 0 saturated heterocycles. The molecule has 5 heteroatoms. The van der Waals surface area contributed by atoms with Gasteiger partial charge in [0.1, 0.15) is 5.75 Å². The number of hydrogen-bond acceptors (Lipinski definition) is 3.